The van der Waals surface area contributed by atoms with Crippen LogP contribution >= 0.6 is 11.6 Å². The van der Waals surface area contributed by atoms with E-state index < -0.39 is 16.1 Å². The molecule has 2 aliphatic rings. The van der Waals surface area contributed by atoms with E-state index in [1.54, 1.807) is 12.1 Å². The highest BCUT2D eigenvalue weighted by Crippen LogP contribution is 2.47. The molecular weight excluding hydrogens is 396 g/mol. The van der Waals surface area contributed by atoms with Crippen molar-refractivity contribution in [1.82, 2.24) is 9.62 Å². The molecule has 4 rings (SSSR count). The van der Waals surface area contributed by atoms with Gasteiger partial charge < -0.3 is 5.32 Å². The molecular formula is C21H23ClN2O3S. The summed E-state index contributed by atoms with van der Waals surface area (Å²) in [4.78, 5) is 13.0. The Kier molecular flexibility index (Phi) is 5.21. The van der Waals surface area contributed by atoms with Crippen molar-refractivity contribution < 1.29 is 13.2 Å². The minimum absolute atomic E-state index is 0.00456. The van der Waals surface area contributed by atoms with Gasteiger partial charge in [-0.1, -0.05) is 41.9 Å². The monoisotopic (exact) mass is 418 g/mol. The van der Waals surface area contributed by atoms with Gasteiger partial charge in [0.1, 0.15) is 6.04 Å². The van der Waals surface area contributed by atoms with Gasteiger partial charge in [-0.15, -0.1) is 0 Å². The van der Waals surface area contributed by atoms with Crippen LogP contribution in [0.25, 0.3) is 0 Å². The second-order valence-electron chi connectivity index (χ2n) is 7.59. The second kappa shape index (κ2) is 7.50. The summed E-state index contributed by atoms with van der Waals surface area (Å²) in [6, 6.07) is 15.6. The lowest BCUT2D eigenvalue weighted by Crippen LogP contribution is -2.47. The molecule has 1 N–H and O–H groups in total. The van der Waals surface area contributed by atoms with Crippen molar-refractivity contribution >= 4 is 27.5 Å². The third-order valence-corrected chi connectivity index (χ3v) is 7.94. The molecule has 2 fully saturated rings. The van der Waals surface area contributed by atoms with E-state index in [-0.39, 0.29) is 16.2 Å². The summed E-state index contributed by atoms with van der Waals surface area (Å²) in [6.45, 7) is 0.897. The number of carbonyl (C=O) groups is 1. The molecule has 2 aromatic rings. The number of halogens is 1. The normalized spacial score (nSPS) is 21.4. The summed E-state index contributed by atoms with van der Waals surface area (Å²) in [5, 5.41) is 3.50. The van der Waals surface area contributed by atoms with E-state index in [1.165, 1.54) is 22.0 Å². The molecule has 1 aliphatic carbocycles. The number of hydrogen-bond acceptors (Lipinski definition) is 3. The Morgan fingerprint density at radius 1 is 1.11 bits per heavy atom. The van der Waals surface area contributed by atoms with Gasteiger partial charge in [-0.25, -0.2) is 8.42 Å². The van der Waals surface area contributed by atoms with Crippen molar-refractivity contribution in [1.29, 1.82) is 0 Å². The lowest BCUT2D eigenvalue weighted by Gasteiger charge is -2.25. The summed E-state index contributed by atoms with van der Waals surface area (Å²) in [5.41, 5.74) is 1.22. The molecule has 28 heavy (non-hydrogen) atoms. The minimum atomic E-state index is -3.73. The number of nitrogens with one attached hydrogen (secondary N) is 1. The van der Waals surface area contributed by atoms with E-state index in [9.17, 15) is 13.2 Å². The standard InChI is InChI=1S/C21H23ClN2O3S/c22-17-8-10-18(11-9-17)28(26,27)24-14-4-7-19(24)20(25)23-15-21(12-13-21)16-5-2-1-3-6-16/h1-3,5-6,8-11,19H,4,7,12-15H2,(H,23,25)/t19-/m0/s1. The maximum atomic E-state index is 13.0. The predicted molar refractivity (Wildman–Crippen MR) is 109 cm³/mol. The molecule has 5 nitrogen and oxygen atoms in total. The summed E-state index contributed by atoms with van der Waals surface area (Å²) in [5.74, 6) is -0.211. The van der Waals surface area contributed by atoms with Crippen molar-refractivity contribution in [2.45, 2.75) is 42.0 Å². The molecule has 1 saturated carbocycles. The third kappa shape index (κ3) is 3.69. The summed E-state index contributed by atoms with van der Waals surface area (Å²) in [7, 11) is -3.73. The number of sulfonamides is 1. The second-order valence-corrected chi connectivity index (χ2v) is 9.92. The minimum Gasteiger partial charge on any atom is -0.354 e. The van der Waals surface area contributed by atoms with Crippen molar-refractivity contribution in [2.24, 2.45) is 0 Å². The zero-order chi connectivity index (χ0) is 19.8. The summed E-state index contributed by atoms with van der Waals surface area (Å²) >= 11 is 5.87. The molecule has 1 heterocycles. The molecule has 2 aromatic carbocycles. The van der Waals surface area contributed by atoms with Gasteiger partial charge in [0.25, 0.3) is 0 Å². The van der Waals surface area contributed by atoms with Gasteiger partial charge in [-0.2, -0.15) is 4.31 Å². The maximum absolute atomic E-state index is 13.0. The predicted octanol–water partition coefficient (Wildman–Crippen LogP) is 3.34. The lowest BCUT2D eigenvalue weighted by atomic mass is 9.96. The first kappa shape index (κ1) is 19.4. The fourth-order valence-corrected chi connectivity index (χ4v) is 5.70. The molecule has 7 heteroatoms. The Labute approximate surface area is 170 Å². The molecule has 0 aromatic heterocycles. The topological polar surface area (TPSA) is 66.5 Å². The highest BCUT2D eigenvalue weighted by atomic mass is 35.5. The fourth-order valence-electron chi connectivity index (χ4n) is 3.92. The van der Waals surface area contributed by atoms with Crippen molar-refractivity contribution in [2.75, 3.05) is 13.1 Å². The van der Waals surface area contributed by atoms with Crippen molar-refractivity contribution in [3.05, 3.63) is 65.2 Å². The third-order valence-electron chi connectivity index (χ3n) is 5.77. The van der Waals surface area contributed by atoms with E-state index in [2.05, 4.69) is 17.4 Å². The first-order valence-corrected chi connectivity index (χ1v) is 11.3. The van der Waals surface area contributed by atoms with E-state index >= 15 is 0 Å². The van der Waals surface area contributed by atoms with Crippen LogP contribution in [0.5, 0.6) is 0 Å². The molecule has 1 aliphatic heterocycles. The van der Waals surface area contributed by atoms with Gasteiger partial charge in [-0.3, -0.25) is 4.79 Å². The largest absolute Gasteiger partial charge is 0.354 e. The number of rotatable bonds is 6. The van der Waals surface area contributed by atoms with E-state index in [0.717, 1.165) is 12.8 Å². The number of benzene rings is 2. The Balaban J connectivity index is 1.46. The average molecular weight is 419 g/mol. The molecule has 1 amide bonds. The fraction of sp³-hybridized carbons (Fsp3) is 0.381. The number of nitrogens with zero attached hydrogens (tertiary/aromatic N) is 1. The summed E-state index contributed by atoms with van der Waals surface area (Å²) in [6.07, 6.45) is 3.29. The number of amides is 1. The summed E-state index contributed by atoms with van der Waals surface area (Å²) < 4.78 is 27.3. The van der Waals surface area contributed by atoms with E-state index in [4.69, 9.17) is 11.6 Å². The van der Waals surface area contributed by atoms with Crippen LogP contribution in [0.2, 0.25) is 5.02 Å². The molecule has 148 valence electrons. The highest BCUT2D eigenvalue weighted by Gasteiger charge is 2.45. The lowest BCUT2D eigenvalue weighted by molar-refractivity contribution is -0.124. The van der Waals surface area contributed by atoms with Gasteiger partial charge in [0.05, 0.1) is 4.90 Å². The van der Waals surface area contributed by atoms with E-state index in [0.29, 0.717) is 31.0 Å². The molecule has 0 radical (unpaired) electrons. The molecule has 1 atom stereocenters. The Morgan fingerprint density at radius 2 is 1.79 bits per heavy atom. The van der Waals surface area contributed by atoms with Gasteiger partial charge in [0.2, 0.25) is 15.9 Å². The molecule has 0 unspecified atom stereocenters. The van der Waals surface area contributed by atoms with Crippen molar-refractivity contribution in [3.8, 4) is 0 Å². The van der Waals surface area contributed by atoms with Gasteiger partial charge in [0.15, 0.2) is 0 Å². The van der Waals surface area contributed by atoms with Crippen LogP contribution in [0, 0.1) is 0 Å². The maximum Gasteiger partial charge on any atom is 0.243 e. The number of hydrogen-bond donors (Lipinski definition) is 1. The van der Waals surface area contributed by atoms with Crippen LogP contribution < -0.4 is 5.32 Å². The van der Waals surface area contributed by atoms with Gasteiger partial charge in [-0.05, 0) is 55.5 Å². The van der Waals surface area contributed by atoms with Crippen LogP contribution in [-0.2, 0) is 20.2 Å². The smallest absolute Gasteiger partial charge is 0.243 e. The zero-order valence-corrected chi connectivity index (χ0v) is 17.0. The van der Waals surface area contributed by atoms with Crippen molar-refractivity contribution in [3.63, 3.8) is 0 Å². The first-order valence-electron chi connectivity index (χ1n) is 9.53. The Hall–Kier alpha value is -1.89. The van der Waals surface area contributed by atoms with Crippen LogP contribution in [0.4, 0.5) is 0 Å². The van der Waals surface area contributed by atoms with Gasteiger partial charge >= 0.3 is 0 Å². The molecule has 0 spiro atoms. The van der Waals surface area contributed by atoms with Crippen LogP contribution in [0.1, 0.15) is 31.2 Å². The molecule has 1 saturated heterocycles. The Bertz CT molecular complexity index is 957. The highest BCUT2D eigenvalue weighted by molar-refractivity contribution is 7.89. The average Bonchev–Trinajstić information content (AvgIpc) is 3.33. The SMILES string of the molecule is O=C(NCC1(c2ccccc2)CC1)[C@@H]1CCCN1S(=O)(=O)c1ccc(Cl)cc1. The van der Waals surface area contributed by atoms with Crippen LogP contribution in [-0.4, -0.2) is 37.8 Å². The van der Waals surface area contributed by atoms with Crippen LogP contribution in [0.15, 0.2) is 59.5 Å². The number of carbonyl (C=O) groups excluding carboxylic acids is 1. The zero-order valence-electron chi connectivity index (χ0n) is 15.5. The van der Waals surface area contributed by atoms with E-state index in [1.807, 2.05) is 18.2 Å². The molecule has 0 bridgehead atoms. The Morgan fingerprint density at radius 3 is 2.43 bits per heavy atom. The first-order chi connectivity index (χ1) is 13.4. The van der Waals surface area contributed by atoms with Gasteiger partial charge in [0, 0.05) is 23.5 Å². The van der Waals surface area contributed by atoms with Crippen LogP contribution in [0.3, 0.4) is 0 Å². The quantitative estimate of drug-likeness (QED) is 0.782.